The summed E-state index contributed by atoms with van der Waals surface area (Å²) < 4.78 is 0. The number of nitrogens with zero attached hydrogens (tertiary/aromatic N) is 2. The van der Waals surface area contributed by atoms with E-state index in [0.29, 0.717) is 25.3 Å². The van der Waals surface area contributed by atoms with Crippen LogP contribution in [0.3, 0.4) is 0 Å². The Morgan fingerprint density at radius 1 is 1.30 bits per heavy atom. The number of carbonyl (C=O) groups is 2. The summed E-state index contributed by atoms with van der Waals surface area (Å²) in [5.41, 5.74) is 1.20. The number of carbonyl (C=O) groups excluding carboxylic acids is 2. The molecule has 1 atom stereocenters. The van der Waals surface area contributed by atoms with E-state index in [2.05, 4.69) is 10.3 Å². The van der Waals surface area contributed by atoms with E-state index in [1.165, 1.54) is 6.92 Å². The number of hydrogen-bond donors (Lipinski definition) is 2. The van der Waals surface area contributed by atoms with Gasteiger partial charge >= 0.3 is 0 Å². The van der Waals surface area contributed by atoms with Crippen LogP contribution in [0.15, 0.2) is 4.79 Å². The number of piperidine rings is 1. The second-order valence-electron chi connectivity index (χ2n) is 8.92. The first-order valence-electron chi connectivity index (χ1n) is 9.79. The monoisotopic (exact) mass is 374 g/mol. The van der Waals surface area contributed by atoms with Gasteiger partial charge in [-0.05, 0) is 25.7 Å². The topological polar surface area (TPSA) is 95.2 Å². The van der Waals surface area contributed by atoms with Gasteiger partial charge in [-0.3, -0.25) is 14.4 Å². The number of aromatic amines is 1. The van der Waals surface area contributed by atoms with E-state index in [9.17, 15) is 14.4 Å². The molecule has 1 aliphatic carbocycles. The van der Waals surface area contributed by atoms with Gasteiger partial charge < -0.3 is 15.2 Å². The number of nitrogens with one attached hydrogen (secondary N) is 2. The van der Waals surface area contributed by atoms with Crippen molar-refractivity contribution in [1.82, 2.24) is 20.2 Å². The number of H-pyrrole nitrogens is 1. The zero-order valence-electron chi connectivity index (χ0n) is 16.8. The summed E-state index contributed by atoms with van der Waals surface area (Å²) in [4.78, 5) is 46.0. The summed E-state index contributed by atoms with van der Waals surface area (Å²) in [5.74, 6) is 0.638. The lowest BCUT2D eigenvalue weighted by Crippen LogP contribution is -2.48. The standard InChI is InChI=1S/C20H30N4O3/c1-13(25)21-10-7-15(26)24-11-5-8-20(12-24)9-6-14-16(20)22-18(19(2,3)4)23-17(14)27/h5-12H2,1-4H3,(H,21,25)(H,22,23,27). The van der Waals surface area contributed by atoms with Gasteiger partial charge in [0.1, 0.15) is 5.82 Å². The average molecular weight is 374 g/mol. The number of amides is 2. The number of fused-ring (bicyclic) bond motifs is 2. The van der Waals surface area contributed by atoms with Crippen LogP contribution >= 0.6 is 0 Å². The molecule has 0 saturated carbocycles. The van der Waals surface area contributed by atoms with Crippen molar-refractivity contribution in [2.45, 2.75) is 70.6 Å². The Labute approximate surface area is 159 Å². The van der Waals surface area contributed by atoms with Gasteiger partial charge in [0, 0.05) is 49.4 Å². The van der Waals surface area contributed by atoms with E-state index in [0.717, 1.165) is 43.5 Å². The molecule has 0 radical (unpaired) electrons. The molecule has 7 nitrogen and oxygen atoms in total. The summed E-state index contributed by atoms with van der Waals surface area (Å²) in [7, 11) is 0. The molecule has 7 heteroatoms. The van der Waals surface area contributed by atoms with Crippen LogP contribution in [0.25, 0.3) is 0 Å². The van der Waals surface area contributed by atoms with Crippen LogP contribution in [0.5, 0.6) is 0 Å². The fourth-order valence-corrected chi connectivity index (χ4v) is 4.25. The van der Waals surface area contributed by atoms with Gasteiger partial charge in [0.2, 0.25) is 11.8 Å². The van der Waals surface area contributed by atoms with E-state index in [-0.39, 0.29) is 28.2 Å². The molecule has 2 heterocycles. The molecule has 2 N–H and O–H groups in total. The number of aromatic nitrogens is 2. The molecule has 1 spiro atoms. The lowest BCUT2D eigenvalue weighted by molar-refractivity contribution is -0.133. The van der Waals surface area contributed by atoms with Crippen molar-refractivity contribution in [3.63, 3.8) is 0 Å². The van der Waals surface area contributed by atoms with Crippen molar-refractivity contribution in [1.29, 1.82) is 0 Å². The van der Waals surface area contributed by atoms with Crippen LogP contribution in [-0.4, -0.2) is 46.3 Å². The van der Waals surface area contributed by atoms with Crippen LogP contribution in [0.4, 0.5) is 0 Å². The zero-order valence-corrected chi connectivity index (χ0v) is 16.8. The predicted molar refractivity (Wildman–Crippen MR) is 103 cm³/mol. The van der Waals surface area contributed by atoms with Crippen molar-refractivity contribution in [3.05, 3.63) is 27.4 Å². The maximum Gasteiger partial charge on any atom is 0.254 e. The third-order valence-electron chi connectivity index (χ3n) is 5.72. The van der Waals surface area contributed by atoms with Gasteiger partial charge in [-0.1, -0.05) is 20.8 Å². The molecule has 0 aromatic carbocycles. The van der Waals surface area contributed by atoms with Gasteiger partial charge in [0.15, 0.2) is 0 Å². The molecule has 3 rings (SSSR count). The fraction of sp³-hybridized carbons (Fsp3) is 0.700. The first-order valence-corrected chi connectivity index (χ1v) is 9.79. The lowest BCUT2D eigenvalue weighted by Gasteiger charge is -2.40. The fourth-order valence-electron chi connectivity index (χ4n) is 4.25. The number of likely N-dealkylation sites (tertiary alicyclic amines) is 1. The van der Waals surface area contributed by atoms with Crippen LogP contribution in [0.1, 0.15) is 70.5 Å². The van der Waals surface area contributed by atoms with Crippen molar-refractivity contribution >= 4 is 11.8 Å². The van der Waals surface area contributed by atoms with Gasteiger partial charge in [-0.25, -0.2) is 4.98 Å². The van der Waals surface area contributed by atoms with Gasteiger partial charge in [-0.15, -0.1) is 0 Å². The van der Waals surface area contributed by atoms with Crippen molar-refractivity contribution in [2.24, 2.45) is 0 Å². The van der Waals surface area contributed by atoms with Crippen LogP contribution in [0, 0.1) is 0 Å². The molecule has 2 aliphatic rings. The van der Waals surface area contributed by atoms with Gasteiger partial charge in [0.05, 0.1) is 5.69 Å². The Bertz CT molecular complexity index is 808. The largest absolute Gasteiger partial charge is 0.356 e. The lowest BCUT2D eigenvalue weighted by atomic mass is 9.77. The highest BCUT2D eigenvalue weighted by Crippen LogP contribution is 2.43. The van der Waals surface area contributed by atoms with Crippen LogP contribution < -0.4 is 10.9 Å². The maximum absolute atomic E-state index is 12.6. The summed E-state index contributed by atoms with van der Waals surface area (Å²) in [6.45, 7) is 9.27. The molecule has 1 fully saturated rings. The second kappa shape index (κ2) is 7.09. The van der Waals surface area contributed by atoms with Crippen LogP contribution in [0.2, 0.25) is 0 Å². The first kappa shape index (κ1) is 19.6. The molecule has 1 aromatic heterocycles. The number of rotatable bonds is 3. The molecule has 27 heavy (non-hydrogen) atoms. The Hall–Kier alpha value is -2.18. The van der Waals surface area contributed by atoms with Gasteiger partial charge in [0.25, 0.3) is 5.56 Å². The third kappa shape index (κ3) is 3.92. The molecule has 1 aliphatic heterocycles. The molecule has 1 saturated heterocycles. The maximum atomic E-state index is 12.6. The summed E-state index contributed by atoms with van der Waals surface area (Å²) in [6.07, 6.45) is 3.75. The summed E-state index contributed by atoms with van der Waals surface area (Å²) in [5, 5.41) is 2.68. The summed E-state index contributed by atoms with van der Waals surface area (Å²) in [6, 6.07) is 0. The van der Waals surface area contributed by atoms with Crippen LogP contribution in [-0.2, 0) is 26.8 Å². The number of hydrogen-bond acceptors (Lipinski definition) is 4. The smallest absolute Gasteiger partial charge is 0.254 e. The molecule has 2 amide bonds. The molecule has 0 bridgehead atoms. The Kier molecular flexibility index (Phi) is 5.14. The first-order chi connectivity index (χ1) is 12.6. The van der Waals surface area contributed by atoms with E-state index >= 15 is 0 Å². The third-order valence-corrected chi connectivity index (χ3v) is 5.72. The highest BCUT2D eigenvalue weighted by atomic mass is 16.2. The molecule has 148 valence electrons. The highest BCUT2D eigenvalue weighted by molar-refractivity contribution is 5.78. The minimum absolute atomic E-state index is 0.0316. The predicted octanol–water partition coefficient (Wildman–Crippen LogP) is 1.40. The summed E-state index contributed by atoms with van der Waals surface area (Å²) >= 11 is 0. The minimum atomic E-state index is -0.236. The minimum Gasteiger partial charge on any atom is -0.356 e. The van der Waals surface area contributed by atoms with E-state index in [1.54, 1.807) is 0 Å². The normalized spacial score (nSPS) is 22.0. The Balaban J connectivity index is 1.84. The molecule has 1 unspecified atom stereocenters. The molecule has 1 aromatic rings. The van der Waals surface area contributed by atoms with Crippen molar-refractivity contribution in [3.8, 4) is 0 Å². The average Bonchev–Trinajstić information content (AvgIpc) is 2.92. The van der Waals surface area contributed by atoms with Crippen molar-refractivity contribution < 1.29 is 9.59 Å². The molecular weight excluding hydrogens is 344 g/mol. The Morgan fingerprint density at radius 2 is 2.04 bits per heavy atom. The SMILES string of the molecule is CC(=O)NCCC(=O)N1CCCC2(CCc3c2nc(C(C)(C)C)[nH]c3=O)C1. The molecular formula is C20H30N4O3. The van der Waals surface area contributed by atoms with Gasteiger partial charge in [-0.2, -0.15) is 0 Å². The zero-order chi connectivity index (χ0) is 19.8. The van der Waals surface area contributed by atoms with E-state index in [1.807, 2.05) is 25.7 Å². The quantitative estimate of drug-likeness (QED) is 0.836. The second-order valence-corrected chi connectivity index (χ2v) is 8.92. The van der Waals surface area contributed by atoms with E-state index < -0.39 is 0 Å². The highest BCUT2D eigenvalue weighted by Gasteiger charge is 2.45. The Morgan fingerprint density at radius 3 is 2.70 bits per heavy atom. The van der Waals surface area contributed by atoms with Crippen molar-refractivity contribution in [2.75, 3.05) is 19.6 Å². The van der Waals surface area contributed by atoms with E-state index in [4.69, 9.17) is 4.98 Å².